The first-order valence-corrected chi connectivity index (χ1v) is 6.76. The topological polar surface area (TPSA) is 80.6 Å². The zero-order valence-corrected chi connectivity index (χ0v) is 12.2. The number of hydrogen-bond acceptors (Lipinski definition) is 5. The van der Waals surface area contributed by atoms with E-state index in [9.17, 15) is 9.59 Å². The fourth-order valence-electron chi connectivity index (χ4n) is 1.65. The fraction of sp³-hybridized carbons (Fsp3) is 0.571. The molecule has 1 aromatic rings. The lowest BCUT2D eigenvalue weighted by atomic mass is 10.2. The molecule has 6 heteroatoms. The van der Waals surface area contributed by atoms with Crippen LogP contribution in [0.1, 0.15) is 49.0 Å². The smallest absolute Gasteiger partial charge is 0.373 e. The Balaban J connectivity index is 2.35. The molecular weight excluding hydrogens is 260 g/mol. The Labute approximate surface area is 118 Å². The zero-order chi connectivity index (χ0) is 15.0. The highest BCUT2D eigenvalue weighted by Crippen LogP contribution is 2.16. The van der Waals surface area contributed by atoms with Gasteiger partial charge in [0.2, 0.25) is 11.7 Å². The second-order valence-electron chi connectivity index (χ2n) is 4.47. The number of nitrogens with one attached hydrogen (secondary N) is 2. The van der Waals surface area contributed by atoms with Crippen LogP contribution in [-0.2, 0) is 9.53 Å². The molecule has 1 heterocycles. The molecule has 6 nitrogen and oxygen atoms in total. The number of furan rings is 1. The van der Waals surface area contributed by atoms with Crippen molar-refractivity contribution in [1.82, 2.24) is 10.6 Å². The maximum Gasteiger partial charge on any atom is 0.373 e. The molecule has 0 spiro atoms. The Bertz CT molecular complexity index is 442. The lowest BCUT2D eigenvalue weighted by Crippen LogP contribution is -2.29. The van der Waals surface area contributed by atoms with E-state index in [0.717, 1.165) is 6.42 Å². The number of carbonyl (C=O) groups excluding carboxylic acids is 2. The summed E-state index contributed by atoms with van der Waals surface area (Å²) in [6.07, 6.45) is 1.34. The van der Waals surface area contributed by atoms with Crippen molar-refractivity contribution in [3.8, 4) is 0 Å². The normalized spacial score (nSPS) is 11.9. The standard InChI is InChI=1S/C14H22N2O4/c1-4-8-16-13(17)7-9-15-10(2)11-5-6-12(20-11)14(18)19-3/h5-6,10,15H,4,7-9H2,1-3H3,(H,16,17). The molecule has 1 atom stereocenters. The Morgan fingerprint density at radius 3 is 2.75 bits per heavy atom. The van der Waals surface area contributed by atoms with Crippen LogP contribution in [0, 0.1) is 0 Å². The molecule has 0 aliphatic heterocycles. The van der Waals surface area contributed by atoms with E-state index in [2.05, 4.69) is 15.4 Å². The average Bonchev–Trinajstić information content (AvgIpc) is 2.94. The Morgan fingerprint density at radius 1 is 1.35 bits per heavy atom. The van der Waals surface area contributed by atoms with Crippen molar-refractivity contribution in [3.05, 3.63) is 23.7 Å². The summed E-state index contributed by atoms with van der Waals surface area (Å²) in [5.74, 6) is 0.347. The summed E-state index contributed by atoms with van der Waals surface area (Å²) < 4.78 is 9.96. The van der Waals surface area contributed by atoms with Gasteiger partial charge in [0.15, 0.2) is 0 Å². The van der Waals surface area contributed by atoms with Gasteiger partial charge in [-0.1, -0.05) is 6.92 Å². The molecule has 1 rings (SSSR count). The van der Waals surface area contributed by atoms with Crippen LogP contribution in [0.3, 0.4) is 0 Å². The van der Waals surface area contributed by atoms with Gasteiger partial charge in [-0.2, -0.15) is 0 Å². The van der Waals surface area contributed by atoms with Gasteiger partial charge in [0, 0.05) is 19.5 Å². The molecule has 0 aromatic carbocycles. The number of methoxy groups -OCH3 is 1. The highest BCUT2D eigenvalue weighted by atomic mass is 16.5. The summed E-state index contributed by atoms with van der Waals surface area (Å²) in [6.45, 7) is 5.17. The van der Waals surface area contributed by atoms with Crippen LogP contribution in [0.4, 0.5) is 0 Å². The quantitative estimate of drug-likeness (QED) is 0.708. The van der Waals surface area contributed by atoms with Gasteiger partial charge in [-0.25, -0.2) is 4.79 Å². The van der Waals surface area contributed by atoms with Crippen molar-refractivity contribution in [1.29, 1.82) is 0 Å². The zero-order valence-electron chi connectivity index (χ0n) is 12.2. The van der Waals surface area contributed by atoms with Crippen molar-refractivity contribution in [2.45, 2.75) is 32.7 Å². The van der Waals surface area contributed by atoms with Gasteiger partial charge in [-0.05, 0) is 25.5 Å². The highest BCUT2D eigenvalue weighted by molar-refractivity contribution is 5.86. The predicted molar refractivity (Wildman–Crippen MR) is 74.4 cm³/mol. The van der Waals surface area contributed by atoms with Crippen molar-refractivity contribution in [2.75, 3.05) is 20.2 Å². The van der Waals surface area contributed by atoms with Crippen LogP contribution in [0.25, 0.3) is 0 Å². The van der Waals surface area contributed by atoms with Crippen LogP contribution < -0.4 is 10.6 Å². The molecule has 1 aromatic heterocycles. The van der Waals surface area contributed by atoms with Gasteiger partial charge in [-0.15, -0.1) is 0 Å². The molecule has 0 bridgehead atoms. The molecular formula is C14H22N2O4. The summed E-state index contributed by atoms with van der Waals surface area (Å²) in [5, 5.41) is 5.98. The van der Waals surface area contributed by atoms with E-state index in [4.69, 9.17) is 4.42 Å². The lowest BCUT2D eigenvalue weighted by molar-refractivity contribution is -0.121. The minimum atomic E-state index is -0.498. The first kappa shape index (κ1) is 16.2. The molecule has 0 aliphatic rings. The number of amides is 1. The van der Waals surface area contributed by atoms with E-state index < -0.39 is 5.97 Å². The number of rotatable bonds is 8. The van der Waals surface area contributed by atoms with Gasteiger partial charge in [-0.3, -0.25) is 4.79 Å². The average molecular weight is 282 g/mol. The van der Waals surface area contributed by atoms with Crippen LogP contribution in [0.5, 0.6) is 0 Å². The summed E-state index contributed by atoms with van der Waals surface area (Å²) in [7, 11) is 1.31. The minimum absolute atomic E-state index is 0.0289. The molecule has 0 fully saturated rings. The monoisotopic (exact) mass is 282 g/mol. The van der Waals surface area contributed by atoms with Crippen LogP contribution in [0.15, 0.2) is 16.5 Å². The number of carbonyl (C=O) groups is 2. The van der Waals surface area contributed by atoms with Gasteiger partial charge < -0.3 is 19.8 Å². The van der Waals surface area contributed by atoms with E-state index in [1.54, 1.807) is 12.1 Å². The van der Waals surface area contributed by atoms with Gasteiger partial charge in [0.25, 0.3) is 0 Å². The van der Waals surface area contributed by atoms with Crippen LogP contribution >= 0.6 is 0 Å². The lowest BCUT2D eigenvalue weighted by Gasteiger charge is -2.11. The Hall–Kier alpha value is -1.82. The molecule has 0 saturated heterocycles. The summed E-state index contributed by atoms with van der Waals surface area (Å²) in [6, 6.07) is 3.22. The molecule has 20 heavy (non-hydrogen) atoms. The first-order chi connectivity index (χ1) is 9.58. The molecule has 0 aliphatic carbocycles. The van der Waals surface area contributed by atoms with Crippen LogP contribution in [-0.4, -0.2) is 32.1 Å². The second kappa shape index (κ2) is 8.37. The summed E-state index contributed by atoms with van der Waals surface area (Å²) in [5.41, 5.74) is 0. The SMILES string of the molecule is CCCNC(=O)CCNC(C)c1ccc(C(=O)OC)o1. The number of esters is 1. The molecule has 1 amide bonds. The maximum absolute atomic E-state index is 11.4. The maximum atomic E-state index is 11.4. The molecule has 0 radical (unpaired) electrons. The molecule has 0 saturated carbocycles. The summed E-state index contributed by atoms with van der Waals surface area (Å²) >= 11 is 0. The number of hydrogen-bond donors (Lipinski definition) is 2. The van der Waals surface area contributed by atoms with Gasteiger partial charge in [0.1, 0.15) is 5.76 Å². The third kappa shape index (κ3) is 5.05. The molecule has 2 N–H and O–H groups in total. The van der Waals surface area contributed by atoms with Crippen LogP contribution in [0.2, 0.25) is 0 Å². The fourth-order valence-corrected chi connectivity index (χ4v) is 1.65. The largest absolute Gasteiger partial charge is 0.463 e. The van der Waals surface area contributed by atoms with E-state index in [0.29, 0.717) is 25.3 Å². The minimum Gasteiger partial charge on any atom is -0.463 e. The van der Waals surface area contributed by atoms with E-state index in [-0.39, 0.29) is 17.7 Å². The third-order valence-corrected chi connectivity index (χ3v) is 2.81. The molecule has 112 valence electrons. The van der Waals surface area contributed by atoms with Crippen molar-refractivity contribution in [2.24, 2.45) is 0 Å². The summed E-state index contributed by atoms with van der Waals surface area (Å²) in [4.78, 5) is 22.7. The predicted octanol–water partition coefficient (Wildman–Crippen LogP) is 1.63. The van der Waals surface area contributed by atoms with E-state index >= 15 is 0 Å². The van der Waals surface area contributed by atoms with E-state index in [1.807, 2.05) is 13.8 Å². The molecule has 1 unspecified atom stereocenters. The second-order valence-corrected chi connectivity index (χ2v) is 4.47. The van der Waals surface area contributed by atoms with Crippen molar-refractivity contribution in [3.63, 3.8) is 0 Å². The third-order valence-electron chi connectivity index (χ3n) is 2.81. The first-order valence-electron chi connectivity index (χ1n) is 6.76. The number of ether oxygens (including phenoxy) is 1. The van der Waals surface area contributed by atoms with Gasteiger partial charge >= 0.3 is 5.97 Å². The highest BCUT2D eigenvalue weighted by Gasteiger charge is 2.15. The van der Waals surface area contributed by atoms with E-state index in [1.165, 1.54) is 7.11 Å². The Morgan fingerprint density at radius 2 is 2.10 bits per heavy atom. The van der Waals surface area contributed by atoms with Crippen molar-refractivity contribution < 1.29 is 18.7 Å². The van der Waals surface area contributed by atoms with Gasteiger partial charge in [0.05, 0.1) is 13.2 Å². The Kier molecular flexibility index (Phi) is 6.79. The van der Waals surface area contributed by atoms with Crippen molar-refractivity contribution >= 4 is 11.9 Å².